The second-order valence-corrected chi connectivity index (χ2v) is 4.48. The molecular formula is C12H16N2O3. The summed E-state index contributed by atoms with van der Waals surface area (Å²) in [4.78, 5) is 15.1. The van der Waals surface area contributed by atoms with Gasteiger partial charge in [0, 0.05) is 6.20 Å². The van der Waals surface area contributed by atoms with Crippen LogP contribution >= 0.6 is 0 Å². The highest BCUT2D eigenvalue weighted by Crippen LogP contribution is 2.32. The van der Waals surface area contributed by atoms with E-state index in [0.717, 1.165) is 25.7 Å². The number of hydrogen-bond donors (Lipinski definition) is 3. The minimum absolute atomic E-state index is 0.00261. The molecule has 2 rings (SSSR count). The number of aromatic nitrogens is 1. The third-order valence-corrected chi connectivity index (χ3v) is 3.29. The Bertz CT molecular complexity index is 414. The van der Waals surface area contributed by atoms with Gasteiger partial charge in [0.2, 0.25) is 0 Å². The minimum Gasteiger partial charge on any atom is -0.478 e. The Labute approximate surface area is 99.5 Å². The number of carbonyl (C=O) groups is 1. The normalized spacial score (nSPS) is 17.9. The molecule has 1 aromatic heterocycles. The number of aliphatic hydroxyl groups is 1. The first-order valence-corrected chi connectivity index (χ1v) is 5.74. The van der Waals surface area contributed by atoms with E-state index in [9.17, 15) is 9.90 Å². The highest BCUT2D eigenvalue weighted by Gasteiger charge is 2.34. The zero-order chi connectivity index (χ0) is 12.3. The van der Waals surface area contributed by atoms with Crippen molar-refractivity contribution < 1.29 is 15.0 Å². The van der Waals surface area contributed by atoms with Gasteiger partial charge in [0.25, 0.3) is 0 Å². The molecule has 1 aliphatic carbocycles. The van der Waals surface area contributed by atoms with E-state index in [2.05, 4.69) is 10.3 Å². The average Bonchev–Trinajstić information content (AvgIpc) is 2.79. The Morgan fingerprint density at radius 3 is 2.76 bits per heavy atom. The first kappa shape index (κ1) is 11.9. The molecule has 0 bridgehead atoms. The Hall–Kier alpha value is -1.62. The van der Waals surface area contributed by atoms with Crippen molar-refractivity contribution in [2.75, 3.05) is 11.9 Å². The van der Waals surface area contributed by atoms with Gasteiger partial charge in [-0.25, -0.2) is 9.78 Å². The lowest BCUT2D eigenvalue weighted by Crippen LogP contribution is -2.39. The predicted octanol–water partition coefficient (Wildman–Crippen LogP) is 1.50. The van der Waals surface area contributed by atoms with Crippen LogP contribution in [0.25, 0.3) is 0 Å². The van der Waals surface area contributed by atoms with E-state index in [0.29, 0.717) is 5.82 Å². The van der Waals surface area contributed by atoms with Crippen LogP contribution in [0.15, 0.2) is 18.3 Å². The van der Waals surface area contributed by atoms with Crippen LogP contribution in [0.4, 0.5) is 5.82 Å². The topological polar surface area (TPSA) is 82.5 Å². The number of aliphatic hydroxyl groups excluding tert-OH is 1. The van der Waals surface area contributed by atoms with E-state index in [1.807, 2.05) is 0 Å². The van der Waals surface area contributed by atoms with E-state index in [4.69, 9.17) is 5.11 Å². The largest absolute Gasteiger partial charge is 0.478 e. The zero-order valence-electron chi connectivity index (χ0n) is 9.52. The molecule has 5 heteroatoms. The minimum atomic E-state index is -1.01. The summed E-state index contributed by atoms with van der Waals surface area (Å²) >= 11 is 0. The lowest BCUT2D eigenvalue weighted by atomic mass is 9.98. The number of carboxylic acids is 1. The summed E-state index contributed by atoms with van der Waals surface area (Å²) in [5.74, 6) is -0.664. The van der Waals surface area contributed by atoms with Crippen LogP contribution in [0.2, 0.25) is 0 Å². The SMILES string of the molecule is O=C(O)c1cccnc1NC1(CO)CCCC1. The van der Waals surface area contributed by atoms with Gasteiger partial charge in [-0.1, -0.05) is 12.8 Å². The summed E-state index contributed by atoms with van der Waals surface area (Å²) in [7, 11) is 0. The van der Waals surface area contributed by atoms with Crippen molar-refractivity contribution >= 4 is 11.8 Å². The highest BCUT2D eigenvalue weighted by molar-refractivity contribution is 5.93. The van der Waals surface area contributed by atoms with Gasteiger partial charge < -0.3 is 15.5 Å². The highest BCUT2D eigenvalue weighted by atomic mass is 16.4. The number of pyridine rings is 1. The fourth-order valence-corrected chi connectivity index (χ4v) is 2.30. The van der Waals surface area contributed by atoms with Crippen LogP contribution in [0, 0.1) is 0 Å². The van der Waals surface area contributed by atoms with E-state index in [1.165, 1.54) is 6.07 Å². The van der Waals surface area contributed by atoms with Crippen LogP contribution in [-0.2, 0) is 0 Å². The van der Waals surface area contributed by atoms with Gasteiger partial charge >= 0.3 is 5.97 Å². The molecule has 0 spiro atoms. The van der Waals surface area contributed by atoms with Crippen molar-refractivity contribution in [2.24, 2.45) is 0 Å². The molecule has 3 N–H and O–H groups in total. The van der Waals surface area contributed by atoms with Gasteiger partial charge in [-0.15, -0.1) is 0 Å². The molecule has 0 radical (unpaired) electrons. The van der Waals surface area contributed by atoms with Crippen LogP contribution in [0.1, 0.15) is 36.0 Å². The van der Waals surface area contributed by atoms with Gasteiger partial charge in [0.1, 0.15) is 11.4 Å². The molecule has 0 unspecified atom stereocenters. The summed E-state index contributed by atoms with van der Waals surface area (Å²) < 4.78 is 0. The quantitative estimate of drug-likeness (QED) is 0.738. The first-order valence-electron chi connectivity index (χ1n) is 5.74. The summed E-state index contributed by atoms with van der Waals surface area (Å²) in [6, 6.07) is 3.10. The van der Waals surface area contributed by atoms with Crippen molar-refractivity contribution in [3.8, 4) is 0 Å². The standard InChI is InChI=1S/C12H16N2O3/c15-8-12(5-1-2-6-12)14-10-9(11(16)17)4-3-7-13-10/h3-4,7,15H,1-2,5-6,8H2,(H,13,14)(H,16,17). The van der Waals surface area contributed by atoms with Gasteiger partial charge in [-0.05, 0) is 25.0 Å². The molecule has 1 aliphatic rings. The van der Waals surface area contributed by atoms with Crippen molar-refractivity contribution in [1.29, 1.82) is 0 Å². The molecule has 0 amide bonds. The molecule has 1 aromatic rings. The molecular weight excluding hydrogens is 220 g/mol. The molecule has 1 saturated carbocycles. The van der Waals surface area contributed by atoms with Crippen LogP contribution in [0.5, 0.6) is 0 Å². The maximum absolute atomic E-state index is 11.0. The average molecular weight is 236 g/mol. The zero-order valence-corrected chi connectivity index (χ0v) is 9.52. The van der Waals surface area contributed by atoms with Gasteiger partial charge in [-0.2, -0.15) is 0 Å². The molecule has 0 aliphatic heterocycles. The number of nitrogens with zero attached hydrogens (tertiary/aromatic N) is 1. The van der Waals surface area contributed by atoms with E-state index in [-0.39, 0.29) is 12.2 Å². The van der Waals surface area contributed by atoms with Crippen molar-refractivity contribution in [3.63, 3.8) is 0 Å². The van der Waals surface area contributed by atoms with E-state index < -0.39 is 11.5 Å². The predicted molar refractivity (Wildman–Crippen MR) is 63.1 cm³/mol. The second kappa shape index (κ2) is 4.71. The fourth-order valence-electron chi connectivity index (χ4n) is 2.30. The van der Waals surface area contributed by atoms with Crippen molar-refractivity contribution in [2.45, 2.75) is 31.2 Å². The fraction of sp³-hybridized carbons (Fsp3) is 0.500. The summed E-state index contributed by atoms with van der Waals surface area (Å²) in [6.45, 7) is 0.00261. The molecule has 92 valence electrons. The third-order valence-electron chi connectivity index (χ3n) is 3.29. The Morgan fingerprint density at radius 1 is 1.47 bits per heavy atom. The maximum atomic E-state index is 11.0. The Morgan fingerprint density at radius 2 is 2.18 bits per heavy atom. The van der Waals surface area contributed by atoms with Gasteiger partial charge in [0.05, 0.1) is 12.1 Å². The van der Waals surface area contributed by atoms with Gasteiger partial charge in [-0.3, -0.25) is 0 Å². The number of nitrogens with one attached hydrogen (secondary N) is 1. The van der Waals surface area contributed by atoms with Crippen LogP contribution in [0.3, 0.4) is 0 Å². The van der Waals surface area contributed by atoms with Crippen LogP contribution in [-0.4, -0.2) is 33.3 Å². The molecule has 1 fully saturated rings. The summed E-state index contributed by atoms with van der Waals surface area (Å²) in [6.07, 6.45) is 5.33. The summed E-state index contributed by atoms with van der Waals surface area (Å²) in [5, 5.41) is 21.6. The van der Waals surface area contributed by atoms with E-state index >= 15 is 0 Å². The van der Waals surface area contributed by atoms with E-state index in [1.54, 1.807) is 12.3 Å². The summed E-state index contributed by atoms with van der Waals surface area (Å²) in [5.41, 5.74) is -0.259. The Kier molecular flexibility index (Phi) is 3.28. The first-order chi connectivity index (χ1) is 8.17. The smallest absolute Gasteiger partial charge is 0.339 e. The molecule has 0 aromatic carbocycles. The number of anilines is 1. The van der Waals surface area contributed by atoms with Crippen molar-refractivity contribution in [3.05, 3.63) is 23.9 Å². The Balaban J connectivity index is 2.26. The van der Waals surface area contributed by atoms with Crippen LogP contribution < -0.4 is 5.32 Å². The molecule has 0 atom stereocenters. The number of aromatic carboxylic acids is 1. The van der Waals surface area contributed by atoms with Crippen molar-refractivity contribution in [1.82, 2.24) is 4.98 Å². The molecule has 1 heterocycles. The molecule has 17 heavy (non-hydrogen) atoms. The molecule has 5 nitrogen and oxygen atoms in total. The number of carboxylic acid groups (broad SMARTS) is 1. The lowest BCUT2D eigenvalue weighted by molar-refractivity contribution is 0.0697. The number of rotatable bonds is 4. The van der Waals surface area contributed by atoms with Gasteiger partial charge in [0.15, 0.2) is 0 Å². The monoisotopic (exact) mass is 236 g/mol. The lowest BCUT2D eigenvalue weighted by Gasteiger charge is -2.29. The molecule has 0 saturated heterocycles. The third kappa shape index (κ3) is 2.39. The maximum Gasteiger partial charge on any atom is 0.339 e. The number of hydrogen-bond acceptors (Lipinski definition) is 4. The second-order valence-electron chi connectivity index (χ2n) is 4.48.